The third-order valence-corrected chi connectivity index (χ3v) is 6.30. The molecule has 0 unspecified atom stereocenters. The molecule has 4 aromatic rings. The van der Waals surface area contributed by atoms with Crippen molar-refractivity contribution in [2.75, 3.05) is 11.4 Å². The topological polar surface area (TPSA) is 51.0 Å². The largest absolute Gasteiger partial charge is 0.337 e. The molecule has 2 aromatic heterocycles. The quantitative estimate of drug-likeness (QED) is 0.355. The molecular formula is C23H21ClN4OS. The molecule has 0 aliphatic heterocycles. The fourth-order valence-electron chi connectivity index (χ4n) is 3.16. The smallest absolute Gasteiger partial charge is 0.252 e. The lowest BCUT2D eigenvalue weighted by Crippen LogP contribution is -2.30. The van der Waals surface area contributed by atoms with Gasteiger partial charge in [0.1, 0.15) is 0 Å². The first-order valence-corrected chi connectivity index (χ1v) is 10.9. The average molecular weight is 437 g/mol. The van der Waals surface area contributed by atoms with Gasteiger partial charge in [-0.05, 0) is 36.6 Å². The summed E-state index contributed by atoms with van der Waals surface area (Å²) in [5, 5.41) is 1.32. The van der Waals surface area contributed by atoms with E-state index in [2.05, 4.69) is 4.98 Å². The maximum Gasteiger partial charge on any atom is 0.252 e. The predicted octanol–water partition coefficient (Wildman–Crippen LogP) is 5.59. The summed E-state index contributed by atoms with van der Waals surface area (Å²) in [6.45, 7) is 3.33. The van der Waals surface area contributed by atoms with E-state index in [9.17, 15) is 4.79 Å². The number of hydrogen-bond donors (Lipinski definition) is 0. The van der Waals surface area contributed by atoms with Crippen LogP contribution in [0.1, 0.15) is 17.5 Å². The molecule has 0 saturated carbocycles. The van der Waals surface area contributed by atoms with Gasteiger partial charge in [0.05, 0.1) is 21.6 Å². The van der Waals surface area contributed by atoms with Crippen molar-refractivity contribution in [2.24, 2.45) is 0 Å². The molecule has 0 radical (unpaired) electrons. The van der Waals surface area contributed by atoms with E-state index in [0.717, 1.165) is 34.3 Å². The summed E-state index contributed by atoms with van der Waals surface area (Å²) in [4.78, 5) is 23.7. The van der Waals surface area contributed by atoms with Crippen LogP contribution in [0.5, 0.6) is 0 Å². The molecule has 0 N–H and O–H groups in total. The van der Waals surface area contributed by atoms with Gasteiger partial charge in [0.15, 0.2) is 5.13 Å². The van der Waals surface area contributed by atoms with E-state index in [0.29, 0.717) is 16.7 Å². The number of carbonyl (C=O) groups is 1. The summed E-state index contributed by atoms with van der Waals surface area (Å²) < 4.78 is 2.91. The van der Waals surface area contributed by atoms with Gasteiger partial charge in [-0.2, -0.15) is 0 Å². The highest BCUT2D eigenvalue weighted by molar-refractivity contribution is 7.23. The summed E-state index contributed by atoms with van der Waals surface area (Å²) >= 11 is 7.84. The number of benzene rings is 2. The van der Waals surface area contributed by atoms with E-state index in [4.69, 9.17) is 16.6 Å². The number of aryl methyl sites for hydroxylation is 2. The molecule has 30 heavy (non-hydrogen) atoms. The average Bonchev–Trinajstić information content (AvgIpc) is 3.44. The molecule has 0 atom stereocenters. The predicted molar refractivity (Wildman–Crippen MR) is 124 cm³/mol. The van der Waals surface area contributed by atoms with E-state index in [1.54, 1.807) is 23.5 Å². The first kappa shape index (κ1) is 20.3. The van der Waals surface area contributed by atoms with Gasteiger partial charge in [0, 0.05) is 31.6 Å². The second-order valence-electron chi connectivity index (χ2n) is 6.93. The maximum absolute atomic E-state index is 13.1. The SMILES string of the molecule is Cc1ccc(Cl)c2sc(N(CCCn3ccnc3)C(=O)/C=C/c3ccccc3)nc12. The van der Waals surface area contributed by atoms with Crippen LogP contribution in [-0.2, 0) is 11.3 Å². The van der Waals surface area contributed by atoms with Gasteiger partial charge in [-0.3, -0.25) is 9.69 Å². The van der Waals surface area contributed by atoms with Crippen LogP contribution in [0, 0.1) is 6.92 Å². The second kappa shape index (κ2) is 9.24. The van der Waals surface area contributed by atoms with Crippen LogP contribution in [0.3, 0.4) is 0 Å². The van der Waals surface area contributed by atoms with Crippen LogP contribution in [0.4, 0.5) is 5.13 Å². The Kier molecular flexibility index (Phi) is 6.26. The second-order valence-corrected chi connectivity index (χ2v) is 8.31. The van der Waals surface area contributed by atoms with Crippen molar-refractivity contribution in [2.45, 2.75) is 19.9 Å². The van der Waals surface area contributed by atoms with Crippen molar-refractivity contribution in [1.82, 2.24) is 14.5 Å². The maximum atomic E-state index is 13.1. The fourth-order valence-corrected chi connectivity index (χ4v) is 4.51. The van der Waals surface area contributed by atoms with Crippen LogP contribution in [0.15, 0.2) is 67.3 Å². The van der Waals surface area contributed by atoms with Crippen LogP contribution in [0.2, 0.25) is 5.02 Å². The zero-order valence-electron chi connectivity index (χ0n) is 16.5. The van der Waals surface area contributed by atoms with Crippen LogP contribution >= 0.6 is 22.9 Å². The zero-order chi connectivity index (χ0) is 20.9. The van der Waals surface area contributed by atoms with E-state index >= 15 is 0 Å². The molecule has 2 aromatic carbocycles. The Labute approximate surface area is 184 Å². The zero-order valence-corrected chi connectivity index (χ0v) is 18.1. The highest BCUT2D eigenvalue weighted by atomic mass is 35.5. The van der Waals surface area contributed by atoms with E-state index in [1.165, 1.54) is 11.3 Å². The molecule has 1 amide bonds. The van der Waals surface area contributed by atoms with Gasteiger partial charge in [-0.15, -0.1) is 0 Å². The first-order valence-electron chi connectivity index (χ1n) is 9.68. The summed E-state index contributed by atoms with van der Waals surface area (Å²) in [6, 6.07) is 13.6. The van der Waals surface area contributed by atoms with Gasteiger partial charge >= 0.3 is 0 Å². The van der Waals surface area contributed by atoms with Gasteiger partial charge < -0.3 is 4.57 Å². The number of carbonyl (C=O) groups excluding carboxylic acids is 1. The van der Waals surface area contributed by atoms with E-state index in [-0.39, 0.29) is 5.91 Å². The number of nitrogens with zero attached hydrogens (tertiary/aromatic N) is 4. The fraction of sp³-hybridized carbons (Fsp3) is 0.174. The number of anilines is 1. The van der Waals surface area contributed by atoms with Crippen LogP contribution < -0.4 is 4.90 Å². The normalized spacial score (nSPS) is 11.4. The number of rotatable bonds is 7. The number of thiazole rings is 1. The minimum absolute atomic E-state index is 0.0997. The molecule has 0 aliphatic carbocycles. The summed E-state index contributed by atoms with van der Waals surface area (Å²) in [5.74, 6) is -0.0997. The van der Waals surface area contributed by atoms with E-state index in [1.807, 2.05) is 66.2 Å². The third-order valence-electron chi connectivity index (χ3n) is 4.76. The highest BCUT2D eigenvalue weighted by Gasteiger charge is 2.19. The van der Waals surface area contributed by atoms with Crippen LogP contribution in [0.25, 0.3) is 16.3 Å². The molecule has 0 aliphatic rings. The molecule has 0 bridgehead atoms. The summed E-state index contributed by atoms with van der Waals surface area (Å²) in [6.07, 6.45) is 9.67. The van der Waals surface area contributed by atoms with Crippen molar-refractivity contribution in [3.05, 3.63) is 83.4 Å². The third kappa shape index (κ3) is 4.61. The first-order chi connectivity index (χ1) is 14.6. The molecule has 2 heterocycles. The number of halogens is 1. The Morgan fingerprint density at radius 2 is 2.07 bits per heavy atom. The minimum Gasteiger partial charge on any atom is -0.337 e. The Bertz CT molecular complexity index is 1130. The van der Waals surface area contributed by atoms with Gasteiger partial charge in [0.25, 0.3) is 5.91 Å². The number of hydrogen-bond acceptors (Lipinski definition) is 4. The lowest BCUT2D eigenvalue weighted by atomic mass is 10.2. The van der Waals surface area contributed by atoms with Gasteiger partial charge in [0.2, 0.25) is 0 Å². The highest BCUT2D eigenvalue weighted by Crippen LogP contribution is 2.35. The number of aromatic nitrogens is 3. The monoisotopic (exact) mass is 436 g/mol. The lowest BCUT2D eigenvalue weighted by molar-refractivity contribution is -0.114. The molecular weight excluding hydrogens is 416 g/mol. The van der Waals surface area contributed by atoms with Crippen LogP contribution in [-0.4, -0.2) is 27.0 Å². The van der Waals surface area contributed by atoms with Crippen molar-refractivity contribution in [3.8, 4) is 0 Å². The Hall–Kier alpha value is -2.96. The lowest BCUT2D eigenvalue weighted by Gasteiger charge is -2.18. The summed E-state index contributed by atoms with van der Waals surface area (Å²) in [5.41, 5.74) is 2.87. The molecule has 0 saturated heterocycles. The van der Waals surface area contributed by atoms with E-state index < -0.39 is 0 Å². The van der Waals surface area contributed by atoms with Crippen molar-refractivity contribution < 1.29 is 4.79 Å². The Morgan fingerprint density at radius 1 is 1.23 bits per heavy atom. The standard InChI is InChI=1S/C23H21ClN4OS/c1-17-8-10-19(24)22-21(17)26-23(30-22)28(14-5-13-27-15-12-25-16-27)20(29)11-9-18-6-3-2-4-7-18/h2-4,6-12,15-16H,5,13-14H2,1H3/b11-9+. The molecule has 152 valence electrons. The van der Waals surface area contributed by atoms with Crippen molar-refractivity contribution in [3.63, 3.8) is 0 Å². The number of imidazole rings is 1. The minimum atomic E-state index is -0.0997. The van der Waals surface area contributed by atoms with Crippen molar-refractivity contribution in [1.29, 1.82) is 0 Å². The number of amides is 1. The molecule has 0 fully saturated rings. The van der Waals surface area contributed by atoms with Crippen molar-refractivity contribution >= 4 is 50.3 Å². The van der Waals surface area contributed by atoms with Gasteiger partial charge in [-0.25, -0.2) is 9.97 Å². The molecule has 4 rings (SSSR count). The molecule has 7 heteroatoms. The Morgan fingerprint density at radius 3 is 2.80 bits per heavy atom. The number of fused-ring (bicyclic) bond motifs is 1. The summed E-state index contributed by atoms with van der Waals surface area (Å²) in [7, 11) is 0. The molecule has 0 spiro atoms. The van der Waals surface area contributed by atoms with Gasteiger partial charge in [-0.1, -0.05) is 59.3 Å². The molecule has 5 nitrogen and oxygen atoms in total. The Balaban J connectivity index is 1.61.